The molecule has 0 N–H and O–H groups in total. The number of hydrogen-bond acceptors (Lipinski definition) is 3. The zero-order chi connectivity index (χ0) is 33.9. The summed E-state index contributed by atoms with van der Waals surface area (Å²) in [6.07, 6.45) is 49.9. The van der Waals surface area contributed by atoms with Crippen LogP contribution in [-0.4, -0.2) is 13.0 Å². The van der Waals surface area contributed by atoms with Crippen molar-refractivity contribution in [2.75, 3.05) is 0 Å². The Morgan fingerprint density at radius 3 is 0.875 bits per heavy atom. The molecule has 0 saturated carbocycles. The van der Waals surface area contributed by atoms with Crippen molar-refractivity contribution in [3.63, 3.8) is 0 Å². The van der Waals surface area contributed by atoms with Gasteiger partial charge in [0.15, 0.2) is 0 Å². The zero-order valence-corrected chi connectivity index (χ0v) is 35.2. The Morgan fingerprint density at radius 2 is 0.625 bits per heavy atom. The fourth-order valence-corrected chi connectivity index (χ4v) is 7.91. The molecule has 1 aromatic carbocycles. The predicted molar refractivity (Wildman–Crippen MR) is 205 cm³/mol. The van der Waals surface area contributed by atoms with Crippen LogP contribution >= 0.6 is 0 Å². The van der Waals surface area contributed by atoms with Gasteiger partial charge < -0.3 is 4.55 Å². The maximum Gasteiger partial charge on any atom is 1.00 e. The van der Waals surface area contributed by atoms with Crippen molar-refractivity contribution < 1.29 is 42.5 Å². The molecule has 0 bridgehead atoms. The van der Waals surface area contributed by atoms with Crippen LogP contribution < -0.4 is 29.6 Å². The summed E-state index contributed by atoms with van der Waals surface area (Å²) >= 11 is 0. The van der Waals surface area contributed by atoms with Gasteiger partial charge in [-0.1, -0.05) is 243 Å². The average Bonchev–Trinajstić information content (AvgIpc) is 3.06. The van der Waals surface area contributed by atoms with Gasteiger partial charge in [0.25, 0.3) is 0 Å². The summed E-state index contributed by atoms with van der Waals surface area (Å²) < 4.78 is 34.1. The van der Waals surface area contributed by atoms with Crippen LogP contribution in [0.25, 0.3) is 0 Å². The molecule has 0 aliphatic rings. The van der Waals surface area contributed by atoms with E-state index in [-0.39, 0.29) is 34.5 Å². The summed E-state index contributed by atoms with van der Waals surface area (Å²) in [4.78, 5) is -0.0406. The van der Waals surface area contributed by atoms with Gasteiger partial charge in [-0.05, 0) is 24.5 Å². The summed E-state index contributed by atoms with van der Waals surface area (Å²) in [5, 5.41) is 0. The number of rotatable bonds is 37. The third-order valence-corrected chi connectivity index (χ3v) is 11.2. The van der Waals surface area contributed by atoms with Gasteiger partial charge in [-0.25, -0.2) is 8.42 Å². The number of aryl methyl sites for hydroxylation is 1. The van der Waals surface area contributed by atoms with Gasteiger partial charge >= 0.3 is 29.6 Å². The third-order valence-electron chi connectivity index (χ3n) is 10.3. The summed E-state index contributed by atoms with van der Waals surface area (Å²) in [6.45, 7) is 2.30. The Morgan fingerprint density at radius 1 is 0.396 bits per heavy atom. The second kappa shape index (κ2) is 36.9. The number of unbranched alkanes of at least 4 members (excludes halogenated alkanes) is 34. The molecule has 5 heteroatoms. The first-order valence-electron chi connectivity index (χ1n) is 21.1. The molecule has 0 aromatic heterocycles. The molecular weight excluding hydrogens is 620 g/mol. The van der Waals surface area contributed by atoms with E-state index in [0.717, 1.165) is 12.8 Å². The van der Waals surface area contributed by atoms with Crippen LogP contribution in [0.15, 0.2) is 29.2 Å². The van der Waals surface area contributed by atoms with Gasteiger partial charge in [0.05, 0.1) is 4.90 Å². The second-order valence-corrected chi connectivity index (χ2v) is 16.2. The zero-order valence-electron chi connectivity index (χ0n) is 32.4. The van der Waals surface area contributed by atoms with E-state index in [9.17, 15) is 13.0 Å². The van der Waals surface area contributed by atoms with Crippen LogP contribution in [0.1, 0.15) is 237 Å². The molecule has 3 nitrogen and oxygen atoms in total. The molecule has 0 radical (unpaired) electrons. The Bertz CT molecular complexity index is 888. The van der Waals surface area contributed by atoms with Crippen LogP contribution in [-0.2, 0) is 16.5 Å². The van der Waals surface area contributed by atoms with E-state index in [1.54, 1.807) is 12.1 Å². The van der Waals surface area contributed by atoms with Gasteiger partial charge in [0.2, 0.25) is 0 Å². The number of benzene rings is 1. The van der Waals surface area contributed by atoms with Gasteiger partial charge in [-0.3, -0.25) is 0 Å². The fraction of sp³-hybridized carbons (Fsp3) is 0.860. The quantitative estimate of drug-likeness (QED) is 0.0395. The van der Waals surface area contributed by atoms with Crippen molar-refractivity contribution in [2.45, 2.75) is 243 Å². The Kier molecular flexibility index (Phi) is 37.0. The molecule has 0 atom stereocenters. The van der Waals surface area contributed by atoms with E-state index in [1.165, 1.54) is 218 Å². The Balaban J connectivity index is 0.0000221. The minimum Gasteiger partial charge on any atom is -0.744 e. The van der Waals surface area contributed by atoms with E-state index in [0.29, 0.717) is 12.0 Å². The fourth-order valence-electron chi connectivity index (χ4n) is 7.18. The molecule has 276 valence electrons. The topological polar surface area (TPSA) is 57.2 Å². The van der Waals surface area contributed by atoms with E-state index in [4.69, 9.17) is 0 Å². The predicted octanol–water partition coefficient (Wildman–Crippen LogP) is 11.8. The molecular formula is C43H79NaO3S. The normalized spacial score (nSPS) is 11.6. The van der Waals surface area contributed by atoms with Crippen LogP contribution in [0.3, 0.4) is 0 Å². The van der Waals surface area contributed by atoms with Gasteiger partial charge in [0, 0.05) is 0 Å². The van der Waals surface area contributed by atoms with Crippen molar-refractivity contribution in [3.05, 3.63) is 29.8 Å². The molecule has 0 amide bonds. The van der Waals surface area contributed by atoms with E-state index in [1.807, 2.05) is 6.07 Å². The van der Waals surface area contributed by atoms with Crippen molar-refractivity contribution >= 4 is 10.1 Å². The van der Waals surface area contributed by atoms with Crippen molar-refractivity contribution in [2.24, 2.45) is 0 Å². The SMILES string of the molecule is CCCCCCCCCCCCCCCCCCCCCCCCCCCCCCCCCCCCCc1ccccc1S(=O)(=O)[O-].[Na+]. The molecule has 0 saturated heterocycles. The monoisotopic (exact) mass is 699 g/mol. The maximum absolute atomic E-state index is 11.4. The Hall–Kier alpha value is 0.130. The molecule has 0 spiro atoms. The summed E-state index contributed by atoms with van der Waals surface area (Å²) in [5.74, 6) is 0. The molecule has 1 aromatic rings. The van der Waals surface area contributed by atoms with Crippen molar-refractivity contribution in [1.82, 2.24) is 0 Å². The minimum atomic E-state index is -4.37. The first-order chi connectivity index (χ1) is 23.1. The third kappa shape index (κ3) is 32.1. The summed E-state index contributed by atoms with van der Waals surface area (Å²) in [6, 6.07) is 6.64. The molecule has 0 fully saturated rings. The molecule has 0 unspecified atom stereocenters. The molecule has 0 aliphatic heterocycles. The maximum atomic E-state index is 11.4. The standard InChI is InChI=1S/C43H80O3S.Na/c1-2-3-4-5-6-7-8-9-10-11-12-13-14-15-16-17-18-19-20-21-22-23-24-25-26-27-28-29-30-31-32-33-34-35-36-39-42-40-37-38-41-43(42)47(44,45)46;/h37-38,40-41H,2-36,39H2,1H3,(H,44,45,46);/q;+1/p-1. The number of hydrogen-bond donors (Lipinski definition) is 0. The van der Waals surface area contributed by atoms with Crippen molar-refractivity contribution in [3.8, 4) is 0 Å². The largest absolute Gasteiger partial charge is 1.00 e. The second-order valence-electron chi connectivity index (χ2n) is 14.8. The van der Waals surface area contributed by atoms with Gasteiger partial charge in [0.1, 0.15) is 10.1 Å². The van der Waals surface area contributed by atoms with E-state index in [2.05, 4.69) is 6.92 Å². The smallest absolute Gasteiger partial charge is 0.744 e. The molecule has 1 rings (SSSR count). The van der Waals surface area contributed by atoms with Crippen LogP contribution in [0.5, 0.6) is 0 Å². The van der Waals surface area contributed by atoms with Gasteiger partial charge in [-0.2, -0.15) is 0 Å². The van der Waals surface area contributed by atoms with Crippen LogP contribution in [0, 0.1) is 0 Å². The average molecular weight is 699 g/mol. The van der Waals surface area contributed by atoms with E-state index >= 15 is 0 Å². The van der Waals surface area contributed by atoms with Crippen molar-refractivity contribution in [1.29, 1.82) is 0 Å². The van der Waals surface area contributed by atoms with E-state index < -0.39 is 10.1 Å². The first kappa shape index (κ1) is 48.1. The van der Waals surface area contributed by atoms with Crippen LogP contribution in [0.4, 0.5) is 0 Å². The molecule has 48 heavy (non-hydrogen) atoms. The molecule has 0 aliphatic carbocycles. The minimum absolute atomic E-state index is 0. The molecule has 0 heterocycles. The Labute approximate surface area is 323 Å². The summed E-state index contributed by atoms with van der Waals surface area (Å²) in [5.41, 5.74) is 0.675. The van der Waals surface area contributed by atoms with Crippen LogP contribution in [0.2, 0.25) is 0 Å². The first-order valence-corrected chi connectivity index (χ1v) is 22.5. The summed E-state index contributed by atoms with van der Waals surface area (Å²) in [7, 11) is -4.37. The van der Waals surface area contributed by atoms with Gasteiger partial charge in [-0.15, -0.1) is 0 Å².